The van der Waals surface area contributed by atoms with E-state index in [9.17, 15) is 9.18 Å². The molecule has 0 unspecified atom stereocenters. The topological polar surface area (TPSA) is 80.9 Å². The van der Waals surface area contributed by atoms with E-state index in [1.54, 1.807) is 0 Å². The number of nitrogens with two attached hydrogens (primary N) is 1. The summed E-state index contributed by atoms with van der Waals surface area (Å²) >= 11 is 4.81. The largest absolute Gasteiger partial charge is 0.389 e. The van der Waals surface area contributed by atoms with Crippen LogP contribution < -0.4 is 11.1 Å². The molecule has 0 bridgehead atoms. The summed E-state index contributed by atoms with van der Waals surface area (Å²) in [5.74, 6) is -0.961. The molecule has 5 nitrogen and oxygen atoms in total. The summed E-state index contributed by atoms with van der Waals surface area (Å²) in [6, 6.07) is 3.75. The highest BCUT2D eigenvalue weighted by Crippen LogP contribution is 2.17. The van der Waals surface area contributed by atoms with E-state index < -0.39 is 11.7 Å². The first-order chi connectivity index (χ1) is 9.08. The minimum atomic E-state index is -0.486. The van der Waals surface area contributed by atoms with Gasteiger partial charge in [0.15, 0.2) is 0 Å². The summed E-state index contributed by atoms with van der Waals surface area (Å²) in [6.07, 6.45) is 4.17. The second-order valence-electron chi connectivity index (χ2n) is 3.60. The molecule has 2 aromatic rings. The van der Waals surface area contributed by atoms with Crippen LogP contribution in [0.15, 0.2) is 36.8 Å². The van der Waals surface area contributed by atoms with Gasteiger partial charge < -0.3 is 11.1 Å². The molecule has 0 radical (unpaired) electrons. The van der Waals surface area contributed by atoms with E-state index in [4.69, 9.17) is 18.0 Å². The van der Waals surface area contributed by atoms with Crippen LogP contribution in [0.2, 0.25) is 0 Å². The molecule has 2 rings (SSSR count). The lowest BCUT2D eigenvalue weighted by molar-refractivity contribution is 0.102. The molecule has 1 amide bonds. The Morgan fingerprint density at radius 2 is 2.16 bits per heavy atom. The predicted molar refractivity (Wildman–Crippen MR) is 72.3 cm³/mol. The zero-order valence-electron chi connectivity index (χ0n) is 9.63. The number of rotatable bonds is 3. The van der Waals surface area contributed by atoms with Crippen molar-refractivity contribution < 1.29 is 9.18 Å². The van der Waals surface area contributed by atoms with E-state index in [0.29, 0.717) is 5.69 Å². The fourth-order valence-electron chi connectivity index (χ4n) is 1.43. The van der Waals surface area contributed by atoms with Crippen LogP contribution in [0.1, 0.15) is 16.1 Å². The fourth-order valence-corrected chi connectivity index (χ4v) is 1.60. The summed E-state index contributed by atoms with van der Waals surface area (Å²) < 4.78 is 13.1. The van der Waals surface area contributed by atoms with Crippen molar-refractivity contribution in [1.82, 2.24) is 9.97 Å². The van der Waals surface area contributed by atoms with Crippen LogP contribution in [0.3, 0.4) is 0 Å². The number of anilines is 1. The zero-order chi connectivity index (χ0) is 13.8. The van der Waals surface area contributed by atoms with E-state index in [2.05, 4.69) is 15.3 Å². The second kappa shape index (κ2) is 5.49. The molecule has 19 heavy (non-hydrogen) atoms. The van der Waals surface area contributed by atoms with E-state index in [1.807, 2.05) is 0 Å². The van der Waals surface area contributed by atoms with Crippen LogP contribution in [0.25, 0.3) is 0 Å². The lowest BCUT2D eigenvalue weighted by Crippen LogP contribution is -2.18. The highest BCUT2D eigenvalue weighted by atomic mass is 32.1. The Labute approximate surface area is 113 Å². The van der Waals surface area contributed by atoms with Crippen LogP contribution >= 0.6 is 12.2 Å². The Morgan fingerprint density at radius 3 is 2.79 bits per heavy atom. The fraction of sp³-hybridized carbons (Fsp3) is 0. The zero-order valence-corrected chi connectivity index (χ0v) is 10.4. The highest BCUT2D eigenvalue weighted by molar-refractivity contribution is 7.80. The van der Waals surface area contributed by atoms with E-state index >= 15 is 0 Å². The number of nitrogens with zero attached hydrogens (tertiary/aromatic N) is 2. The first-order valence-corrected chi connectivity index (χ1v) is 5.65. The van der Waals surface area contributed by atoms with Crippen molar-refractivity contribution >= 4 is 28.8 Å². The van der Waals surface area contributed by atoms with Gasteiger partial charge in [-0.15, -0.1) is 0 Å². The molecule has 0 saturated carbocycles. The molecule has 96 valence electrons. The summed E-state index contributed by atoms with van der Waals surface area (Å²) in [4.78, 5) is 19.5. The van der Waals surface area contributed by atoms with Gasteiger partial charge in [0.1, 0.15) is 16.5 Å². The molecule has 1 heterocycles. The summed E-state index contributed by atoms with van der Waals surface area (Å²) in [5.41, 5.74) is 6.20. The molecule has 7 heteroatoms. The Morgan fingerprint density at radius 1 is 1.37 bits per heavy atom. The molecule has 1 aromatic heterocycles. The van der Waals surface area contributed by atoms with Crippen molar-refractivity contribution in [3.05, 3.63) is 53.9 Å². The molecular formula is C12H9FN4OS. The third-order valence-corrected chi connectivity index (χ3v) is 2.51. The van der Waals surface area contributed by atoms with Crippen LogP contribution in [0.5, 0.6) is 0 Å². The van der Waals surface area contributed by atoms with Gasteiger partial charge in [-0.2, -0.15) is 0 Å². The predicted octanol–water partition coefficient (Wildman–Crippen LogP) is 1.50. The molecule has 0 aliphatic heterocycles. The number of carbonyl (C=O) groups is 1. The molecular weight excluding hydrogens is 267 g/mol. The van der Waals surface area contributed by atoms with E-state index in [0.717, 1.165) is 6.07 Å². The summed E-state index contributed by atoms with van der Waals surface area (Å²) in [6.45, 7) is 0. The molecule has 0 aliphatic rings. The van der Waals surface area contributed by atoms with Crippen molar-refractivity contribution in [2.45, 2.75) is 0 Å². The van der Waals surface area contributed by atoms with Crippen molar-refractivity contribution in [1.29, 1.82) is 0 Å². The number of nitrogens with one attached hydrogen (secondary N) is 1. The first-order valence-electron chi connectivity index (χ1n) is 5.24. The quantitative estimate of drug-likeness (QED) is 0.830. The maximum absolute atomic E-state index is 13.1. The average Bonchev–Trinajstić information content (AvgIpc) is 2.41. The molecule has 0 atom stereocenters. The van der Waals surface area contributed by atoms with Gasteiger partial charge >= 0.3 is 0 Å². The third kappa shape index (κ3) is 3.08. The van der Waals surface area contributed by atoms with Gasteiger partial charge in [-0.3, -0.25) is 9.78 Å². The van der Waals surface area contributed by atoms with Crippen molar-refractivity contribution in [2.75, 3.05) is 5.32 Å². The van der Waals surface area contributed by atoms with Crippen LogP contribution in [0, 0.1) is 5.82 Å². The number of hydrogen-bond acceptors (Lipinski definition) is 4. The second-order valence-corrected chi connectivity index (χ2v) is 4.04. The number of aromatic nitrogens is 2. The number of hydrogen-bond donors (Lipinski definition) is 2. The SMILES string of the molecule is NC(=S)c1cc(F)ccc1NC(=O)c1cnccn1. The minimum absolute atomic E-state index is 0.00561. The third-order valence-electron chi connectivity index (χ3n) is 2.29. The van der Waals surface area contributed by atoms with Gasteiger partial charge in [0, 0.05) is 18.0 Å². The Balaban J connectivity index is 2.29. The van der Waals surface area contributed by atoms with Gasteiger partial charge in [0.05, 0.1) is 11.9 Å². The maximum Gasteiger partial charge on any atom is 0.275 e. The van der Waals surface area contributed by atoms with Gasteiger partial charge in [0.2, 0.25) is 0 Å². The van der Waals surface area contributed by atoms with Gasteiger partial charge in [-0.25, -0.2) is 9.37 Å². The highest BCUT2D eigenvalue weighted by Gasteiger charge is 2.12. The summed E-state index contributed by atoms with van der Waals surface area (Å²) in [5, 5.41) is 2.56. The maximum atomic E-state index is 13.1. The van der Waals surface area contributed by atoms with Gasteiger partial charge in [0.25, 0.3) is 5.91 Å². The molecule has 0 aliphatic carbocycles. The molecule has 3 N–H and O–H groups in total. The lowest BCUT2D eigenvalue weighted by Gasteiger charge is -2.09. The standard InChI is InChI=1S/C12H9FN4OS/c13-7-1-2-9(8(5-7)11(14)19)17-12(18)10-6-15-3-4-16-10/h1-6H,(H2,14,19)(H,17,18). The monoisotopic (exact) mass is 276 g/mol. The first kappa shape index (κ1) is 13.0. The van der Waals surface area contributed by atoms with Crippen LogP contribution in [-0.4, -0.2) is 20.9 Å². The number of thiocarbonyl (C=S) groups is 1. The molecule has 0 spiro atoms. The molecule has 0 fully saturated rings. The van der Waals surface area contributed by atoms with E-state index in [1.165, 1.54) is 30.7 Å². The Kier molecular flexibility index (Phi) is 3.76. The number of carbonyl (C=O) groups excluding carboxylic acids is 1. The number of benzene rings is 1. The molecule has 0 saturated heterocycles. The van der Waals surface area contributed by atoms with Crippen LogP contribution in [-0.2, 0) is 0 Å². The normalized spacial score (nSPS) is 9.95. The summed E-state index contributed by atoms with van der Waals surface area (Å²) in [7, 11) is 0. The minimum Gasteiger partial charge on any atom is -0.389 e. The Hall–Kier alpha value is -2.41. The van der Waals surface area contributed by atoms with Crippen LogP contribution in [0.4, 0.5) is 10.1 Å². The van der Waals surface area contributed by atoms with E-state index in [-0.39, 0.29) is 16.2 Å². The Bertz CT molecular complexity index is 633. The lowest BCUT2D eigenvalue weighted by atomic mass is 10.1. The number of halogens is 1. The van der Waals surface area contributed by atoms with Crippen molar-refractivity contribution in [3.63, 3.8) is 0 Å². The van der Waals surface area contributed by atoms with Crippen molar-refractivity contribution in [2.24, 2.45) is 5.73 Å². The van der Waals surface area contributed by atoms with Crippen molar-refractivity contribution in [3.8, 4) is 0 Å². The van der Waals surface area contributed by atoms with Gasteiger partial charge in [-0.05, 0) is 18.2 Å². The van der Waals surface area contributed by atoms with Gasteiger partial charge in [-0.1, -0.05) is 12.2 Å². The number of amides is 1. The average molecular weight is 276 g/mol. The molecule has 1 aromatic carbocycles. The smallest absolute Gasteiger partial charge is 0.275 e.